The normalized spacial score (nSPS) is 14.2. The van der Waals surface area contributed by atoms with Gasteiger partial charge in [-0.2, -0.15) is 0 Å². The molecule has 0 atom stereocenters. The summed E-state index contributed by atoms with van der Waals surface area (Å²) in [4.78, 5) is 30.1. The number of hydrogen-bond donors (Lipinski definition) is 2. The van der Waals surface area contributed by atoms with Gasteiger partial charge < -0.3 is 20.1 Å². The van der Waals surface area contributed by atoms with E-state index in [4.69, 9.17) is 15.2 Å². The predicted octanol–water partition coefficient (Wildman–Crippen LogP) is 3.28. The topological polar surface area (TPSA) is 106 Å². The Labute approximate surface area is 201 Å². The number of methoxy groups -OCH3 is 1. The fourth-order valence-electron chi connectivity index (χ4n) is 3.90. The van der Waals surface area contributed by atoms with Crippen molar-refractivity contribution >= 4 is 23.5 Å². The number of rotatable bonds is 10. The average Bonchev–Trinajstić information content (AvgIpc) is 2.85. The van der Waals surface area contributed by atoms with Gasteiger partial charge in [0.1, 0.15) is 5.75 Å². The van der Waals surface area contributed by atoms with E-state index in [0.29, 0.717) is 26.1 Å². The second-order valence-corrected chi connectivity index (χ2v) is 8.24. The van der Waals surface area contributed by atoms with Gasteiger partial charge in [0, 0.05) is 57.8 Å². The first-order chi connectivity index (χ1) is 16.5. The van der Waals surface area contributed by atoms with Gasteiger partial charge in [-0.05, 0) is 48.6 Å². The molecule has 0 aliphatic carbocycles. The van der Waals surface area contributed by atoms with Gasteiger partial charge in [-0.3, -0.25) is 19.9 Å². The summed E-state index contributed by atoms with van der Waals surface area (Å²) in [6.45, 7) is 1.87. The lowest BCUT2D eigenvalue weighted by Gasteiger charge is -2.27. The molecule has 3 rings (SSSR count). The summed E-state index contributed by atoms with van der Waals surface area (Å²) >= 11 is 0. The summed E-state index contributed by atoms with van der Waals surface area (Å²) in [5, 5.41) is 2.55. The third kappa shape index (κ3) is 7.05. The maximum absolute atomic E-state index is 12.4. The molecule has 34 heavy (non-hydrogen) atoms. The summed E-state index contributed by atoms with van der Waals surface area (Å²) in [7, 11) is 3.19. The van der Waals surface area contributed by atoms with Crippen molar-refractivity contribution in [3.63, 3.8) is 0 Å². The van der Waals surface area contributed by atoms with Crippen LogP contribution in [0.2, 0.25) is 0 Å². The van der Waals surface area contributed by atoms with E-state index in [1.165, 1.54) is 7.05 Å². The lowest BCUT2D eigenvalue weighted by Crippen LogP contribution is -2.36. The van der Waals surface area contributed by atoms with E-state index in [9.17, 15) is 9.59 Å². The molecule has 1 heterocycles. The summed E-state index contributed by atoms with van der Waals surface area (Å²) in [6, 6.07) is 14.0. The first-order valence-electron chi connectivity index (χ1n) is 11.7. The van der Waals surface area contributed by atoms with Gasteiger partial charge in [0.25, 0.3) is 0 Å². The first-order valence-corrected chi connectivity index (χ1v) is 11.7. The molecule has 1 fully saturated rings. The molecule has 0 spiro atoms. The van der Waals surface area contributed by atoms with E-state index in [1.54, 1.807) is 7.11 Å². The van der Waals surface area contributed by atoms with Gasteiger partial charge in [-0.1, -0.05) is 24.3 Å². The Hall–Kier alpha value is -3.39. The van der Waals surface area contributed by atoms with E-state index in [0.717, 1.165) is 53.9 Å². The number of aliphatic imine (C=N–C) groups is 1. The molecule has 0 bridgehead atoms. The van der Waals surface area contributed by atoms with Crippen LogP contribution in [0.25, 0.3) is 11.1 Å². The number of ether oxygens (including phenoxy) is 2. The number of nitrogens with two attached hydrogens (primary N) is 1. The standard InChI is InChI=1S/C26H34N4O4/c1-28-26(27)29-24(31)13-11-19-10-12-22(23(17-19)34-16-6-15-33-2)20-7-5-8-21(18-20)30-14-4-3-9-25(30)32/h5,7-8,10,12,17-18H,3-4,6,9,11,13-16H2,1-2H3,(H3,27,28,29,31). The quantitative estimate of drug-likeness (QED) is 0.318. The average molecular weight is 467 g/mol. The van der Waals surface area contributed by atoms with Crippen molar-refractivity contribution in [2.75, 3.05) is 38.8 Å². The van der Waals surface area contributed by atoms with Gasteiger partial charge in [0.15, 0.2) is 5.96 Å². The lowest BCUT2D eigenvalue weighted by molar-refractivity contribution is -0.120. The van der Waals surface area contributed by atoms with Crippen molar-refractivity contribution in [2.45, 2.75) is 38.5 Å². The molecular formula is C26H34N4O4. The van der Waals surface area contributed by atoms with Crippen LogP contribution >= 0.6 is 0 Å². The molecule has 2 aromatic rings. The molecule has 1 aliphatic heterocycles. The van der Waals surface area contributed by atoms with Crippen LogP contribution in [-0.4, -0.2) is 51.7 Å². The number of aryl methyl sites for hydroxylation is 1. The van der Waals surface area contributed by atoms with E-state index in [2.05, 4.69) is 10.3 Å². The fraction of sp³-hybridized carbons (Fsp3) is 0.423. The van der Waals surface area contributed by atoms with Crippen LogP contribution in [0.1, 0.15) is 37.7 Å². The Morgan fingerprint density at radius 1 is 1.18 bits per heavy atom. The number of nitrogens with one attached hydrogen (secondary N) is 1. The monoisotopic (exact) mass is 466 g/mol. The molecule has 0 radical (unpaired) electrons. The molecular weight excluding hydrogens is 432 g/mol. The largest absolute Gasteiger partial charge is 0.493 e. The third-order valence-electron chi connectivity index (χ3n) is 5.74. The molecule has 2 amide bonds. The highest BCUT2D eigenvalue weighted by atomic mass is 16.5. The number of anilines is 1. The van der Waals surface area contributed by atoms with E-state index in [-0.39, 0.29) is 24.2 Å². The van der Waals surface area contributed by atoms with Crippen molar-refractivity contribution in [3.8, 4) is 16.9 Å². The maximum atomic E-state index is 12.4. The minimum absolute atomic E-state index is 0.106. The highest BCUT2D eigenvalue weighted by Crippen LogP contribution is 2.34. The maximum Gasteiger partial charge on any atom is 0.226 e. The van der Waals surface area contributed by atoms with Crippen molar-refractivity contribution in [2.24, 2.45) is 10.7 Å². The third-order valence-corrected chi connectivity index (χ3v) is 5.74. The molecule has 1 aliphatic rings. The Kier molecular flexibility index (Phi) is 9.46. The van der Waals surface area contributed by atoms with Crippen LogP contribution in [0.3, 0.4) is 0 Å². The Bertz CT molecular complexity index is 1020. The SMILES string of the molecule is CN=C(N)NC(=O)CCc1ccc(-c2cccc(N3CCCCC3=O)c2)c(OCCCOC)c1. The van der Waals surface area contributed by atoms with Crippen LogP contribution < -0.4 is 20.7 Å². The minimum Gasteiger partial charge on any atom is -0.493 e. The van der Waals surface area contributed by atoms with E-state index < -0.39 is 0 Å². The zero-order valence-electron chi connectivity index (χ0n) is 20.0. The summed E-state index contributed by atoms with van der Waals surface area (Å²) in [5.41, 5.74) is 9.38. The molecule has 0 unspecified atom stereocenters. The number of nitrogens with zero attached hydrogens (tertiary/aromatic N) is 2. The van der Waals surface area contributed by atoms with Crippen LogP contribution in [0.15, 0.2) is 47.5 Å². The number of benzene rings is 2. The lowest BCUT2D eigenvalue weighted by atomic mass is 9.99. The van der Waals surface area contributed by atoms with Gasteiger partial charge in [0.2, 0.25) is 11.8 Å². The number of hydrogen-bond acceptors (Lipinski definition) is 5. The van der Waals surface area contributed by atoms with Crippen LogP contribution in [-0.2, 0) is 20.7 Å². The van der Waals surface area contributed by atoms with E-state index in [1.807, 2.05) is 47.4 Å². The van der Waals surface area contributed by atoms with Crippen molar-refractivity contribution in [3.05, 3.63) is 48.0 Å². The number of amides is 2. The summed E-state index contributed by atoms with van der Waals surface area (Å²) in [6.07, 6.45) is 4.15. The number of carbonyl (C=O) groups is 2. The highest BCUT2D eigenvalue weighted by molar-refractivity contribution is 5.96. The fourth-order valence-corrected chi connectivity index (χ4v) is 3.90. The van der Waals surface area contributed by atoms with Crippen molar-refractivity contribution in [1.82, 2.24) is 5.32 Å². The van der Waals surface area contributed by atoms with Crippen LogP contribution in [0.5, 0.6) is 5.75 Å². The Balaban J connectivity index is 1.82. The van der Waals surface area contributed by atoms with Gasteiger partial charge in [-0.15, -0.1) is 0 Å². The Morgan fingerprint density at radius 2 is 2.03 bits per heavy atom. The van der Waals surface area contributed by atoms with Gasteiger partial charge in [0.05, 0.1) is 6.61 Å². The summed E-state index contributed by atoms with van der Waals surface area (Å²) in [5.74, 6) is 0.829. The second kappa shape index (κ2) is 12.7. The number of piperidine rings is 1. The molecule has 3 N–H and O–H groups in total. The minimum atomic E-state index is -0.186. The molecule has 2 aromatic carbocycles. The molecule has 8 heteroatoms. The summed E-state index contributed by atoms with van der Waals surface area (Å²) < 4.78 is 11.3. The highest BCUT2D eigenvalue weighted by Gasteiger charge is 2.20. The van der Waals surface area contributed by atoms with Crippen molar-refractivity contribution < 1.29 is 19.1 Å². The molecule has 0 aromatic heterocycles. The van der Waals surface area contributed by atoms with Crippen LogP contribution in [0, 0.1) is 0 Å². The molecule has 8 nitrogen and oxygen atoms in total. The second-order valence-electron chi connectivity index (χ2n) is 8.24. The zero-order valence-corrected chi connectivity index (χ0v) is 20.0. The van der Waals surface area contributed by atoms with Crippen LogP contribution in [0.4, 0.5) is 5.69 Å². The van der Waals surface area contributed by atoms with Crippen molar-refractivity contribution in [1.29, 1.82) is 0 Å². The molecule has 0 saturated carbocycles. The predicted molar refractivity (Wildman–Crippen MR) is 134 cm³/mol. The number of guanidine groups is 1. The Morgan fingerprint density at radius 3 is 2.79 bits per heavy atom. The first kappa shape index (κ1) is 25.2. The molecule has 1 saturated heterocycles. The zero-order chi connectivity index (χ0) is 24.3. The molecule has 182 valence electrons. The van der Waals surface area contributed by atoms with E-state index >= 15 is 0 Å². The number of carbonyl (C=O) groups excluding carboxylic acids is 2. The smallest absolute Gasteiger partial charge is 0.226 e. The van der Waals surface area contributed by atoms with Gasteiger partial charge >= 0.3 is 0 Å². The van der Waals surface area contributed by atoms with Gasteiger partial charge in [-0.25, -0.2) is 0 Å².